The van der Waals surface area contributed by atoms with Gasteiger partial charge in [0.1, 0.15) is 0 Å². The zero-order chi connectivity index (χ0) is 15.4. The molecule has 4 N–H and O–H groups in total. The first-order chi connectivity index (χ1) is 9.97. The molecule has 0 unspecified atom stereocenters. The van der Waals surface area contributed by atoms with Crippen LogP contribution < -0.4 is 11.1 Å². The fraction of sp³-hybridized carbons (Fsp3) is 0.133. The number of hydrogen-bond acceptors (Lipinski definition) is 3. The number of carboxylic acid groups (broad SMARTS) is 1. The van der Waals surface area contributed by atoms with Gasteiger partial charge < -0.3 is 16.2 Å². The molecule has 0 aliphatic heterocycles. The number of nitrogen functional groups attached to an aromatic ring is 1. The highest BCUT2D eigenvalue weighted by Crippen LogP contribution is 2.29. The van der Waals surface area contributed by atoms with E-state index in [1.807, 2.05) is 24.3 Å². The number of carbonyl (C=O) groups is 1. The van der Waals surface area contributed by atoms with Crippen LogP contribution in [0.2, 0.25) is 10.0 Å². The summed E-state index contributed by atoms with van der Waals surface area (Å²) in [5, 5.41) is 13.2. The molecule has 2 rings (SSSR count). The van der Waals surface area contributed by atoms with Gasteiger partial charge >= 0.3 is 5.97 Å². The summed E-state index contributed by atoms with van der Waals surface area (Å²) >= 11 is 11.9. The molecule has 0 saturated carbocycles. The number of halogens is 2. The van der Waals surface area contributed by atoms with Crippen LogP contribution in [0, 0.1) is 0 Å². The van der Waals surface area contributed by atoms with Crippen LogP contribution >= 0.6 is 23.2 Å². The van der Waals surface area contributed by atoms with Crippen LogP contribution in [0.15, 0.2) is 36.4 Å². The average molecular weight is 325 g/mol. The summed E-state index contributed by atoms with van der Waals surface area (Å²) in [6.45, 7) is 0.547. The van der Waals surface area contributed by atoms with E-state index in [9.17, 15) is 9.90 Å². The standard InChI is InChI=1S/C15H14Cl2N2O2/c16-10-3-1-9(2-4-10)5-6-19-14-12(15(20)21)7-11(18)8-13(14)17/h1-4,7-8,19H,5-6,18H2,(H,20,21). The van der Waals surface area contributed by atoms with Crippen molar-refractivity contribution >= 4 is 40.5 Å². The summed E-state index contributed by atoms with van der Waals surface area (Å²) in [5.41, 5.74) is 7.47. The summed E-state index contributed by atoms with van der Waals surface area (Å²) in [6.07, 6.45) is 0.719. The van der Waals surface area contributed by atoms with Crippen molar-refractivity contribution in [1.82, 2.24) is 0 Å². The van der Waals surface area contributed by atoms with Crippen LogP contribution in [0.25, 0.3) is 0 Å². The number of rotatable bonds is 5. The number of hydrogen-bond donors (Lipinski definition) is 3. The molecule has 21 heavy (non-hydrogen) atoms. The van der Waals surface area contributed by atoms with E-state index in [1.54, 1.807) is 0 Å². The second-order valence-electron chi connectivity index (χ2n) is 4.53. The summed E-state index contributed by atoms with van der Waals surface area (Å²) in [4.78, 5) is 11.2. The molecule has 0 spiro atoms. The molecule has 2 aromatic rings. The van der Waals surface area contributed by atoms with E-state index in [2.05, 4.69) is 5.32 Å². The highest BCUT2D eigenvalue weighted by Gasteiger charge is 2.14. The van der Waals surface area contributed by atoms with Crippen molar-refractivity contribution in [3.63, 3.8) is 0 Å². The lowest BCUT2D eigenvalue weighted by Crippen LogP contribution is -2.10. The van der Waals surface area contributed by atoms with E-state index in [0.29, 0.717) is 28.0 Å². The highest BCUT2D eigenvalue weighted by molar-refractivity contribution is 6.34. The van der Waals surface area contributed by atoms with Crippen LogP contribution in [0.1, 0.15) is 15.9 Å². The fourth-order valence-corrected chi connectivity index (χ4v) is 2.38. The molecule has 0 aliphatic carbocycles. The molecule has 0 fully saturated rings. The van der Waals surface area contributed by atoms with Gasteiger partial charge in [-0.15, -0.1) is 0 Å². The van der Waals surface area contributed by atoms with Gasteiger partial charge in [-0.3, -0.25) is 0 Å². The van der Waals surface area contributed by atoms with Crippen molar-refractivity contribution in [2.45, 2.75) is 6.42 Å². The van der Waals surface area contributed by atoms with Crippen molar-refractivity contribution in [2.24, 2.45) is 0 Å². The normalized spacial score (nSPS) is 10.4. The molecule has 0 amide bonds. The Morgan fingerprint density at radius 1 is 1.19 bits per heavy atom. The van der Waals surface area contributed by atoms with Crippen molar-refractivity contribution in [3.05, 3.63) is 57.6 Å². The zero-order valence-electron chi connectivity index (χ0n) is 11.1. The Morgan fingerprint density at radius 3 is 2.48 bits per heavy atom. The third-order valence-corrected chi connectivity index (χ3v) is 3.52. The maximum atomic E-state index is 11.2. The Hall–Kier alpha value is -1.91. The Labute approximate surface area is 132 Å². The molecule has 0 aliphatic rings. The molecule has 0 radical (unpaired) electrons. The van der Waals surface area contributed by atoms with Crippen LogP contribution in [0.4, 0.5) is 11.4 Å². The summed E-state index contributed by atoms with van der Waals surface area (Å²) in [7, 11) is 0. The lowest BCUT2D eigenvalue weighted by molar-refractivity contribution is 0.0698. The van der Waals surface area contributed by atoms with Gasteiger partial charge in [-0.25, -0.2) is 4.79 Å². The van der Waals surface area contributed by atoms with Crippen molar-refractivity contribution in [1.29, 1.82) is 0 Å². The lowest BCUT2D eigenvalue weighted by Gasteiger charge is -2.12. The molecule has 4 nitrogen and oxygen atoms in total. The maximum Gasteiger partial charge on any atom is 0.337 e. The van der Waals surface area contributed by atoms with Crippen molar-refractivity contribution in [2.75, 3.05) is 17.6 Å². The van der Waals surface area contributed by atoms with Crippen LogP contribution in [-0.2, 0) is 6.42 Å². The van der Waals surface area contributed by atoms with E-state index >= 15 is 0 Å². The zero-order valence-corrected chi connectivity index (χ0v) is 12.6. The van der Waals surface area contributed by atoms with E-state index in [0.717, 1.165) is 12.0 Å². The predicted molar refractivity (Wildman–Crippen MR) is 86.5 cm³/mol. The van der Waals surface area contributed by atoms with Crippen molar-refractivity contribution in [3.8, 4) is 0 Å². The Kier molecular flexibility index (Phi) is 4.94. The smallest absolute Gasteiger partial charge is 0.337 e. The molecule has 6 heteroatoms. The third kappa shape index (κ3) is 4.03. The predicted octanol–water partition coefficient (Wildman–Crippen LogP) is 3.93. The van der Waals surface area contributed by atoms with E-state index < -0.39 is 5.97 Å². The molecule has 0 bridgehead atoms. The van der Waals surface area contributed by atoms with Gasteiger partial charge in [0.25, 0.3) is 0 Å². The molecule has 0 aromatic heterocycles. The van der Waals surface area contributed by atoms with Gasteiger partial charge in [0.2, 0.25) is 0 Å². The number of carboxylic acids is 1. The third-order valence-electron chi connectivity index (χ3n) is 2.97. The fourth-order valence-electron chi connectivity index (χ4n) is 1.96. The van der Waals surface area contributed by atoms with Gasteiger partial charge in [-0.1, -0.05) is 35.3 Å². The number of nitrogens with one attached hydrogen (secondary N) is 1. The minimum Gasteiger partial charge on any atom is -0.478 e. The van der Waals surface area contributed by atoms with Gasteiger partial charge in [0.05, 0.1) is 16.3 Å². The quantitative estimate of drug-likeness (QED) is 0.728. The maximum absolute atomic E-state index is 11.2. The molecular weight excluding hydrogens is 311 g/mol. The Morgan fingerprint density at radius 2 is 1.86 bits per heavy atom. The number of nitrogens with two attached hydrogens (primary N) is 1. The first-order valence-electron chi connectivity index (χ1n) is 6.28. The minimum absolute atomic E-state index is 0.0658. The molecule has 0 atom stereocenters. The first kappa shape index (κ1) is 15.5. The van der Waals surface area contributed by atoms with Gasteiger partial charge in [-0.05, 0) is 36.2 Å². The van der Waals surface area contributed by atoms with E-state index in [1.165, 1.54) is 12.1 Å². The highest BCUT2D eigenvalue weighted by atomic mass is 35.5. The second-order valence-corrected chi connectivity index (χ2v) is 5.38. The van der Waals surface area contributed by atoms with Crippen LogP contribution in [-0.4, -0.2) is 17.6 Å². The molecular formula is C15H14Cl2N2O2. The van der Waals surface area contributed by atoms with E-state index in [4.69, 9.17) is 28.9 Å². The minimum atomic E-state index is -1.07. The van der Waals surface area contributed by atoms with E-state index in [-0.39, 0.29) is 5.56 Å². The number of anilines is 2. The Bertz CT molecular complexity index is 657. The molecule has 2 aromatic carbocycles. The average Bonchev–Trinajstić information content (AvgIpc) is 2.42. The van der Waals surface area contributed by atoms with Crippen LogP contribution in [0.5, 0.6) is 0 Å². The largest absolute Gasteiger partial charge is 0.478 e. The summed E-state index contributed by atoms with van der Waals surface area (Å²) in [5.74, 6) is -1.07. The van der Waals surface area contributed by atoms with Gasteiger partial charge in [-0.2, -0.15) is 0 Å². The second kappa shape index (κ2) is 6.70. The van der Waals surface area contributed by atoms with Crippen LogP contribution in [0.3, 0.4) is 0 Å². The molecule has 110 valence electrons. The molecule has 0 saturated heterocycles. The Balaban J connectivity index is 2.09. The summed E-state index contributed by atoms with van der Waals surface area (Å²) < 4.78 is 0. The van der Waals surface area contributed by atoms with Gasteiger partial charge in [0.15, 0.2) is 0 Å². The first-order valence-corrected chi connectivity index (χ1v) is 7.03. The molecule has 0 heterocycles. The monoisotopic (exact) mass is 324 g/mol. The van der Waals surface area contributed by atoms with Crippen molar-refractivity contribution < 1.29 is 9.90 Å². The number of benzene rings is 2. The van der Waals surface area contributed by atoms with Gasteiger partial charge in [0, 0.05) is 17.3 Å². The number of aromatic carboxylic acids is 1. The topological polar surface area (TPSA) is 75.3 Å². The lowest BCUT2D eigenvalue weighted by atomic mass is 10.1. The SMILES string of the molecule is Nc1cc(Cl)c(NCCc2ccc(Cl)cc2)c(C(=O)O)c1. The summed E-state index contributed by atoms with van der Waals surface area (Å²) in [6, 6.07) is 10.4.